The number of nitrogens with one attached hydrogen (secondary N) is 1. The van der Waals surface area contributed by atoms with Gasteiger partial charge in [-0.05, 0) is 24.3 Å². The molecule has 0 bridgehead atoms. The van der Waals surface area contributed by atoms with E-state index in [4.69, 9.17) is 11.5 Å². The van der Waals surface area contributed by atoms with Gasteiger partial charge in [0.15, 0.2) is 0 Å². The van der Waals surface area contributed by atoms with Crippen LogP contribution in [-0.4, -0.2) is 16.5 Å². The summed E-state index contributed by atoms with van der Waals surface area (Å²) in [6, 6.07) is 17.8. The van der Waals surface area contributed by atoms with Crippen LogP contribution in [0.4, 0.5) is 5.69 Å². The Morgan fingerprint density at radius 3 is 2.33 bits per heavy atom. The highest BCUT2D eigenvalue weighted by Gasteiger charge is 2.28. The fourth-order valence-electron chi connectivity index (χ4n) is 2.28. The van der Waals surface area contributed by atoms with Gasteiger partial charge in [-0.1, -0.05) is 46.3 Å². The predicted octanol–water partition coefficient (Wildman–Crippen LogP) is 2.02. The molecule has 0 aromatic heterocycles. The number of halogens is 1. The monoisotopic (exact) mass is 344 g/mol. The lowest BCUT2D eigenvalue weighted by Crippen LogP contribution is -2.50. The van der Waals surface area contributed by atoms with Crippen molar-refractivity contribution < 1.29 is 4.58 Å². The molecular weight excluding hydrogens is 330 g/mol. The number of nitrogens with zero attached hydrogens (tertiary/aromatic N) is 2. The summed E-state index contributed by atoms with van der Waals surface area (Å²) in [5.41, 5.74) is 13.9. The van der Waals surface area contributed by atoms with Crippen LogP contribution in [0.2, 0.25) is 0 Å². The van der Waals surface area contributed by atoms with Gasteiger partial charge in [-0.25, -0.2) is 9.89 Å². The summed E-state index contributed by atoms with van der Waals surface area (Å²) in [4.78, 5) is 4.48. The molecule has 0 saturated carbocycles. The number of benzene rings is 2. The second kappa shape index (κ2) is 5.57. The molecule has 1 atom stereocenters. The van der Waals surface area contributed by atoms with Crippen molar-refractivity contribution >= 4 is 33.5 Å². The minimum absolute atomic E-state index is 0.284. The van der Waals surface area contributed by atoms with Crippen molar-refractivity contribution in [1.82, 2.24) is 5.32 Å². The summed E-state index contributed by atoms with van der Waals surface area (Å²) in [6.45, 7) is 0. The molecule has 1 aliphatic rings. The van der Waals surface area contributed by atoms with E-state index >= 15 is 0 Å². The van der Waals surface area contributed by atoms with E-state index in [2.05, 4.69) is 26.2 Å². The minimum atomic E-state index is -0.284. The van der Waals surface area contributed by atoms with Crippen LogP contribution in [0.5, 0.6) is 0 Å². The molecule has 0 amide bonds. The Morgan fingerprint density at radius 2 is 1.67 bits per heavy atom. The van der Waals surface area contributed by atoms with Gasteiger partial charge < -0.3 is 5.73 Å². The maximum absolute atomic E-state index is 6.13. The molecule has 1 aliphatic heterocycles. The van der Waals surface area contributed by atoms with E-state index in [1.54, 1.807) is 0 Å². The maximum Gasteiger partial charge on any atom is 0.357 e. The van der Waals surface area contributed by atoms with E-state index in [1.165, 1.54) is 0 Å². The Bertz CT molecular complexity index is 707. The molecule has 5 N–H and O–H groups in total. The van der Waals surface area contributed by atoms with E-state index in [9.17, 15) is 0 Å². The molecule has 3 rings (SSSR count). The number of guanidine groups is 2. The van der Waals surface area contributed by atoms with E-state index in [-0.39, 0.29) is 6.17 Å². The maximum atomic E-state index is 6.13. The smallest absolute Gasteiger partial charge is 0.357 e. The molecule has 2 aromatic carbocycles. The van der Waals surface area contributed by atoms with Crippen LogP contribution in [0, 0.1) is 0 Å². The third kappa shape index (κ3) is 2.75. The largest absolute Gasteiger partial charge is 0.357 e. The van der Waals surface area contributed by atoms with Gasteiger partial charge >= 0.3 is 5.96 Å². The summed E-state index contributed by atoms with van der Waals surface area (Å²) in [5, 5.41) is 2.88. The zero-order valence-corrected chi connectivity index (χ0v) is 12.8. The molecule has 0 spiro atoms. The molecule has 0 fully saturated rings. The zero-order valence-electron chi connectivity index (χ0n) is 11.2. The van der Waals surface area contributed by atoms with E-state index in [0.29, 0.717) is 11.9 Å². The van der Waals surface area contributed by atoms with Gasteiger partial charge in [0.1, 0.15) is 5.69 Å². The highest BCUT2D eigenvalue weighted by atomic mass is 79.9. The van der Waals surface area contributed by atoms with Gasteiger partial charge in [0.05, 0.1) is 0 Å². The molecule has 0 aliphatic carbocycles. The third-order valence-electron chi connectivity index (χ3n) is 3.22. The summed E-state index contributed by atoms with van der Waals surface area (Å²) in [6.07, 6.45) is -0.284. The third-order valence-corrected chi connectivity index (χ3v) is 3.75. The molecule has 1 heterocycles. The first-order chi connectivity index (χ1) is 10.1. The fourth-order valence-corrected chi connectivity index (χ4v) is 2.54. The highest BCUT2D eigenvalue weighted by molar-refractivity contribution is 9.10. The first-order valence-electron chi connectivity index (χ1n) is 6.47. The number of hydrogen-bond acceptors (Lipinski definition) is 4. The lowest BCUT2D eigenvalue weighted by Gasteiger charge is -2.22. The molecular formula is C15H15BrN5+. The molecule has 106 valence electrons. The van der Waals surface area contributed by atoms with Gasteiger partial charge in [-0.3, -0.25) is 5.73 Å². The Kier molecular flexibility index (Phi) is 3.62. The molecule has 21 heavy (non-hydrogen) atoms. The standard InChI is InChI=1S/C15H14BrN5/c16-11-6-8-12(9-7-11)21-13(10-4-2-1-3-5-10)19-14(17)20-15(21)18/h1-9,13H,(H4,17,18,19,20)/p+1. The summed E-state index contributed by atoms with van der Waals surface area (Å²) in [5.74, 6) is 0.772. The number of aliphatic imine (C=N–C) groups is 1. The van der Waals surface area contributed by atoms with E-state index in [0.717, 1.165) is 15.7 Å². The average Bonchev–Trinajstić information content (AvgIpc) is 2.49. The van der Waals surface area contributed by atoms with E-state index < -0.39 is 0 Å². The molecule has 6 heteroatoms. The van der Waals surface area contributed by atoms with Crippen molar-refractivity contribution in [2.75, 3.05) is 0 Å². The molecule has 0 radical (unpaired) electrons. The highest BCUT2D eigenvalue weighted by Crippen LogP contribution is 2.28. The van der Waals surface area contributed by atoms with E-state index in [1.807, 2.05) is 59.2 Å². The fraction of sp³-hybridized carbons (Fsp3) is 0.0667. The Hall–Kier alpha value is -2.34. The second-order valence-electron chi connectivity index (χ2n) is 4.66. The van der Waals surface area contributed by atoms with Crippen molar-refractivity contribution in [3.8, 4) is 0 Å². The first-order valence-corrected chi connectivity index (χ1v) is 7.27. The van der Waals surface area contributed by atoms with Crippen molar-refractivity contribution in [2.45, 2.75) is 6.17 Å². The first kappa shape index (κ1) is 13.6. The van der Waals surface area contributed by atoms with Gasteiger partial charge in [0, 0.05) is 10.0 Å². The van der Waals surface area contributed by atoms with Crippen LogP contribution in [-0.2, 0) is 0 Å². The van der Waals surface area contributed by atoms with Gasteiger partial charge in [0.2, 0.25) is 6.17 Å². The Labute approximate surface area is 131 Å². The molecule has 1 unspecified atom stereocenters. The summed E-state index contributed by atoms with van der Waals surface area (Å²) < 4.78 is 2.92. The average molecular weight is 345 g/mol. The quantitative estimate of drug-likeness (QED) is 0.729. The van der Waals surface area contributed by atoms with Crippen molar-refractivity contribution in [1.29, 1.82) is 0 Å². The minimum Gasteiger partial charge on any atom is -0.357 e. The van der Waals surface area contributed by atoms with Crippen molar-refractivity contribution in [3.05, 3.63) is 64.6 Å². The van der Waals surface area contributed by atoms with Crippen LogP contribution >= 0.6 is 15.9 Å². The topological polar surface area (TPSA) is 79.4 Å². The lowest BCUT2D eigenvalue weighted by atomic mass is 10.1. The van der Waals surface area contributed by atoms with Crippen LogP contribution in [0.3, 0.4) is 0 Å². The summed E-state index contributed by atoms with van der Waals surface area (Å²) >= 11 is 3.43. The zero-order chi connectivity index (χ0) is 14.8. The van der Waals surface area contributed by atoms with Crippen LogP contribution in [0.1, 0.15) is 11.7 Å². The molecule has 5 nitrogen and oxygen atoms in total. The van der Waals surface area contributed by atoms with Gasteiger partial charge in [0.25, 0.3) is 5.96 Å². The molecule has 0 saturated heterocycles. The van der Waals surface area contributed by atoms with Crippen molar-refractivity contribution in [2.24, 2.45) is 16.5 Å². The van der Waals surface area contributed by atoms with Crippen LogP contribution < -0.4 is 16.8 Å². The molecule has 2 aromatic rings. The number of nitrogens with two attached hydrogens (primary N) is 2. The number of hydrogen-bond donors (Lipinski definition) is 3. The number of rotatable bonds is 2. The predicted molar refractivity (Wildman–Crippen MR) is 87.2 cm³/mol. The van der Waals surface area contributed by atoms with Gasteiger partial charge in [-0.15, -0.1) is 0 Å². The lowest BCUT2D eigenvalue weighted by molar-refractivity contribution is -0.494. The van der Waals surface area contributed by atoms with Crippen molar-refractivity contribution in [3.63, 3.8) is 0 Å². The SMILES string of the molecule is NC1=NC(c2ccccc2)[N+](c2ccc(Br)cc2)=C(N)N1. The van der Waals surface area contributed by atoms with Gasteiger partial charge in [-0.2, -0.15) is 4.99 Å². The van der Waals surface area contributed by atoms with Crippen LogP contribution in [0.25, 0.3) is 0 Å². The summed E-state index contributed by atoms with van der Waals surface area (Å²) in [7, 11) is 0. The normalized spacial score (nSPS) is 18.1. The Morgan fingerprint density at radius 1 is 1.00 bits per heavy atom. The second-order valence-corrected chi connectivity index (χ2v) is 5.57. The van der Waals surface area contributed by atoms with Crippen LogP contribution in [0.15, 0.2) is 64.1 Å². The Balaban J connectivity index is 2.10.